The number of hydrogen-bond acceptors (Lipinski definition) is 3. The van der Waals surface area contributed by atoms with Crippen molar-refractivity contribution in [3.8, 4) is 0 Å². The van der Waals surface area contributed by atoms with Crippen molar-refractivity contribution < 1.29 is 0 Å². The average Bonchev–Trinajstić information content (AvgIpc) is 2.54. The van der Waals surface area contributed by atoms with Gasteiger partial charge in [-0.05, 0) is 27.6 Å². The largest absolute Gasteiger partial charge is 0.404 e. The Morgan fingerprint density at radius 2 is 1.95 bits per heavy atom. The second-order valence-corrected chi connectivity index (χ2v) is 4.88. The van der Waals surface area contributed by atoms with Gasteiger partial charge in [-0.25, -0.2) is 0 Å². The maximum absolute atomic E-state index is 5.64. The highest BCUT2D eigenvalue weighted by Crippen LogP contribution is 2.16. The summed E-state index contributed by atoms with van der Waals surface area (Å²) in [5, 5.41) is 0. The van der Waals surface area contributed by atoms with Gasteiger partial charge in [-0.3, -0.25) is 9.98 Å². The quantitative estimate of drug-likeness (QED) is 0.832. The topological polar surface area (TPSA) is 51.3 Å². The number of rotatable bonds is 4. The zero-order chi connectivity index (χ0) is 15.5. The number of aromatic nitrogens is 1. The Morgan fingerprint density at radius 3 is 2.57 bits per heavy atom. The first-order valence-electron chi connectivity index (χ1n) is 6.86. The lowest BCUT2D eigenvalue weighted by molar-refractivity contribution is 1.08. The predicted octanol–water partition coefficient (Wildman–Crippen LogP) is 4.44. The van der Waals surface area contributed by atoms with E-state index < -0.39 is 0 Å². The standard InChI is InChI=1S/C15H14BrN3.C2H6/c16-15-6-13(9-19-11-15)14(7-17)10-18-8-12-4-2-1-3-5-12;1-2/h1-7,9-11H,8,17H2;1-2H3/b14-7+,18-10?;. The summed E-state index contributed by atoms with van der Waals surface area (Å²) in [7, 11) is 0. The maximum atomic E-state index is 5.64. The number of halogens is 1. The Bertz CT molecular complexity index is 592. The zero-order valence-electron chi connectivity index (χ0n) is 12.3. The lowest BCUT2D eigenvalue weighted by Crippen LogP contribution is -1.93. The molecule has 0 bridgehead atoms. The Balaban J connectivity index is 0.00000106. The van der Waals surface area contributed by atoms with E-state index in [-0.39, 0.29) is 0 Å². The molecule has 21 heavy (non-hydrogen) atoms. The Hall–Kier alpha value is -1.94. The summed E-state index contributed by atoms with van der Waals surface area (Å²) in [6.07, 6.45) is 6.81. The number of hydrogen-bond donors (Lipinski definition) is 1. The highest BCUT2D eigenvalue weighted by molar-refractivity contribution is 9.10. The zero-order valence-corrected chi connectivity index (χ0v) is 13.9. The van der Waals surface area contributed by atoms with E-state index in [1.54, 1.807) is 18.6 Å². The highest BCUT2D eigenvalue weighted by Gasteiger charge is 1.99. The van der Waals surface area contributed by atoms with Gasteiger partial charge in [0.15, 0.2) is 0 Å². The second kappa shape index (κ2) is 9.88. The molecule has 0 aliphatic rings. The molecule has 0 amide bonds. The number of nitrogens with two attached hydrogens (primary N) is 1. The molecule has 0 spiro atoms. The fourth-order valence-corrected chi connectivity index (χ4v) is 1.98. The first-order valence-corrected chi connectivity index (χ1v) is 7.65. The van der Waals surface area contributed by atoms with Crippen LogP contribution in [0.15, 0.2) is 64.5 Å². The van der Waals surface area contributed by atoms with Crippen LogP contribution >= 0.6 is 15.9 Å². The fourth-order valence-electron chi connectivity index (χ4n) is 1.62. The van der Waals surface area contributed by atoms with Crippen molar-refractivity contribution in [2.24, 2.45) is 10.7 Å². The minimum atomic E-state index is 0.639. The lowest BCUT2D eigenvalue weighted by atomic mass is 10.1. The molecule has 0 aliphatic carbocycles. The first kappa shape index (κ1) is 17.1. The molecule has 2 aromatic rings. The Kier molecular flexibility index (Phi) is 8.05. The highest BCUT2D eigenvalue weighted by atomic mass is 79.9. The third-order valence-electron chi connectivity index (χ3n) is 2.56. The van der Waals surface area contributed by atoms with Crippen molar-refractivity contribution in [1.29, 1.82) is 0 Å². The van der Waals surface area contributed by atoms with E-state index in [0.29, 0.717) is 6.54 Å². The number of aliphatic imine (C=N–C) groups is 1. The van der Waals surface area contributed by atoms with Gasteiger partial charge in [-0.2, -0.15) is 0 Å². The van der Waals surface area contributed by atoms with Crippen LogP contribution in [0.25, 0.3) is 5.57 Å². The van der Waals surface area contributed by atoms with Gasteiger partial charge in [0.25, 0.3) is 0 Å². The molecule has 0 saturated carbocycles. The Morgan fingerprint density at radius 1 is 1.24 bits per heavy atom. The van der Waals surface area contributed by atoms with Crippen LogP contribution in [-0.4, -0.2) is 11.2 Å². The van der Waals surface area contributed by atoms with Crippen molar-refractivity contribution in [3.05, 3.63) is 70.6 Å². The van der Waals surface area contributed by atoms with E-state index in [9.17, 15) is 0 Å². The fraction of sp³-hybridized carbons (Fsp3) is 0.176. The number of pyridine rings is 1. The minimum Gasteiger partial charge on any atom is -0.404 e. The average molecular weight is 346 g/mol. The smallest absolute Gasteiger partial charge is 0.0639 e. The molecule has 110 valence electrons. The van der Waals surface area contributed by atoms with Gasteiger partial charge in [-0.1, -0.05) is 44.2 Å². The molecule has 1 aromatic heterocycles. The van der Waals surface area contributed by atoms with Crippen LogP contribution < -0.4 is 5.73 Å². The lowest BCUT2D eigenvalue weighted by Gasteiger charge is -2.01. The van der Waals surface area contributed by atoms with Gasteiger partial charge < -0.3 is 5.73 Å². The second-order valence-electron chi connectivity index (χ2n) is 3.97. The van der Waals surface area contributed by atoms with E-state index >= 15 is 0 Å². The summed E-state index contributed by atoms with van der Waals surface area (Å²) in [6.45, 7) is 4.64. The summed E-state index contributed by atoms with van der Waals surface area (Å²) >= 11 is 3.39. The van der Waals surface area contributed by atoms with Gasteiger partial charge in [0.2, 0.25) is 0 Å². The van der Waals surface area contributed by atoms with Crippen molar-refractivity contribution in [1.82, 2.24) is 4.98 Å². The molecule has 0 atom stereocenters. The molecule has 1 heterocycles. The van der Waals surface area contributed by atoms with Crippen LogP contribution in [0.1, 0.15) is 25.0 Å². The summed E-state index contributed by atoms with van der Waals surface area (Å²) in [6, 6.07) is 12.0. The molecule has 3 nitrogen and oxygen atoms in total. The molecule has 4 heteroatoms. The van der Waals surface area contributed by atoms with Crippen LogP contribution in [0.2, 0.25) is 0 Å². The van der Waals surface area contributed by atoms with Crippen LogP contribution in [0.4, 0.5) is 0 Å². The minimum absolute atomic E-state index is 0.639. The number of allylic oxidation sites excluding steroid dienone is 1. The molecule has 2 rings (SSSR count). The number of benzene rings is 1. The van der Waals surface area contributed by atoms with E-state index in [4.69, 9.17) is 5.73 Å². The Labute approximate surface area is 134 Å². The molecule has 0 radical (unpaired) electrons. The molecular weight excluding hydrogens is 326 g/mol. The van der Waals surface area contributed by atoms with Crippen LogP contribution in [0.5, 0.6) is 0 Å². The third kappa shape index (κ3) is 5.92. The first-order chi connectivity index (χ1) is 10.3. The van der Waals surface area contributed by atoms with Gasteiger partial charge >= 0.3 is 0 Å². The monoisotopic (exact) mass is 345 g/mol. The molecule has 2 N–H and O–H groups in total. The summed E-state index contributed by atoms with van der Waals surface area (Å²) in [5.41, 5.74) is 8.60. The van der Waals surface area contributed by atoms with E-state index in [0.717, 1.165) is 15.6 Å². The number of nitrogens with zero attached hydrogens (tertiary/aromatic N) is 2. The SMILES string of the molecule is CC.N/C=C(\C=NCc1ccccc1)c1cncc(Br)c1. The van der Waals surface area contributed by atoms with Crippen LogP contribution in [0.3, 0.4) is 0 Å². The summed E-state index contributed by atoms with van der Waals surface area (Å²) < 4.78 is 0.917. The van der Waals surface area contributed by atoms with Gasteiger partial charge in [0, 0.05) is 40.4 Å². The van der Waals surface area contributed by atoms with Crippen molar-refractivity contribution >= 4 is 27.7 Å². The van der Waals surface area contributed by atoms with Crippen molar-refractivity contribution in [2.75, 3.05) is 0 Å². The normalized spacial score (nSPS) is 11.1. The molecule has 0 fully saturated rings. The van der Waals surface area contributed by atoms with Crippen molar-refractivity contribution in [3.63, 3.8) is 0 Å². The molecule has 0 unspecified atom stereocenters. The van der Waals surface area contributed by atoms with E-state index in [2.05, 4.69) is 25.9 Å². The molecule has 1 aromatic carbocycles. The predicted molar refractivity (Wildman–Crippen MR) is 94.1 cm³/mol. The van der Waals surface area contributed by atoms with Crippen LogP contribution in [0, 0.1) is 0 Å². The summed E-state index contributed by atoms with van der Waals surface area (Å²) in [4.78, 5) is 8.52. The van der Waals surface area contributed by atoms with Crippen molar-refractivity contribution in [2.45, 2.75) is 20.4 Å². The van der Waals surface area contributed by atoms with E-state index in [1.165, 1.54) is 11.8 Å². The van der Waals surface area contributed by atoms with Gasteiger partial charge in [0.1, 0.15) is 0 Å². The molecule has 0 saturated heterocycles. The van der Waals surface area contributed by atoms with Crippen LogP contribution in [-0.2, 0) is 6.54 Å². The van der Waals surface area contributed by atoms with Gasteiger partial charge in [0.05, 0.1) is 6.54 Å². The third-order valence-corrected chi connectivity index (χ3v) is 3.00. The van der Waals surface area contributed by atoms with Gasteiger partial charge in [-0.15, -0.1) is 0 Å². The molecular formula is C17H20BrN3. The molecule has 0 aliphatic heterocycles. The summed E-state index contributed by atoms with van der Waals surface area (Å²) in [5.74, 6) is 0. The van der Waals surface area contributed by atoms with E-state index in [1.807, 2.05) is 50.2 Å². The maximum Gasteiger partial charge on any atom is 0.0639 e.